The van der Waals surface area contributed by atoms with Crippen molar-refractivity contribution in [2.24, 2.45) is 0 Å². The maximum absolute atomic E-state index is 12.6. The van der Waals surface area contributed by atoms with Gasteiger partial charge in [0.2, 0.25) is 0 Å². The lowest BCUT2D eigenvalue weighted by molar-refractivity contribution is -0.121. The molecule has 0 bridgehead atoms. The molecule has 5 nitrogen and oxygen atoms in total. The Labute approximate surface area is 165 Å². The van der Waals surface area contributed by atoms with Crippen LogP contribution in [0.3, 0.4) is 0 Å². The predicted molar refractivity (Wildman–Crippen MR) is 110 cm³/mol. The van der Waals surface area contributed by atoms with Gasteiger partial charge in [0.25, 0.3) is 11.8 Å². The number of hydrogen-bond donors (Lipinski definition) is 3. The summed E-state index contributed by atoms with van der Waals surface area (Å²) >= 11 is 0. The number of anilines is 1. The first-order valence-electron chi connectivity index (χ1n) is 9.51. The number of rotatable bonds is 6. The van der Waals surface area contributed by atoms with Crippen LogP contribution < -0.4 is 10.6 Å². The first-order chi connectivity index (χ1) is 13.3. The van der Waals surface area contributed by atoms with Crippen molar-refractivity contribution in [3.05, 3.63) is 77.1 Å². The highest BCUT2D eigenvalue weighted by Gasteiger charge is 2.44. The second kappa shape index (κ2) is 7.89. The summed E-state index contributed by atoms with van der Waals surface area (Å²) in [5.41, 5.74) is 1.67. The molecular weight excluding hydrogens is 352 g/mol. The third-order valence-corrected chi connectivity index (χ3v) is 5.19. The fraction of sp³-hybridized carbons (Fsp3) is 0.304. The molecule has 5 heteroatoms. The third-order valence-electron chi connectivity index (χ3n) is 5.19. The topological polar surface area (TPSA) is 78.4 Å². The van der Waals surface area contributed by atoms with Crippen molar-refractivity contribution in [3.63, 3.8) is 0 Å². The van der Waals surface area contributed by atoms with Crippen LogP contribution in [0, 0.1) is 0 Å². The average Bonchev–Trinajstić information content (AvgIpc) is 2.90. The quantitative estimate of drug-likeness (QED) is 0.663. The van der Waals surface area contributed by atoms with E-state index in [1.165, 1.54) is 0 Å². The van der Waals surface area contributed by atoms with Gasteiger partial charge in [-0.2, -0.15) is 0 Å². The van der Waals surface area contributed by atoms with Crippen LogP contribution in [0.25, 0.3) is 0 Å². The number of nitrogens with one attached hydrogen (secondary N) is 2. The molecule has 1 aliphatic heterocycles. The van der Waals surface area contributed by atoms with Crippen molar-refractivity contribution in [1.29, 1.82) is 0 Å². The number of carbonyl (C=O) groups is 2. The summed E-state index contributed by atoms with van der Waals surface area (Å²) in [6.45, 7) is 5.92. The minimum absolute atomic E-state index is 0.204. The number of carbonyl (C=O) groups excluding carboxylic acids is 2. The Bertz CT molecular complexity index is 901. The molecule has 0 spiro atoms. The predicted octanol–water partition coefficient (Wildman–Crippen LogP) is 4.08. The summed E-state index contributed by atoms with van der Waals surface area (Å²) in [7, 11) is 0. The number of aliphatic hydroxyl groups excluding tert-OH is 1. The van der Waals surface area contributed by atoms with Gasteiger partial charge >= 0.3 is 0 Å². The molecule has 0 saturated heterocycles. The third kappa shape index (κ3) is 4.09. The van der Waals surface area contributed by atoms with Gasteiger partial charge in [-0.25, -0.2) is 0 Å². The Kier molecular flexibility index (Phi) is 5.54. The van der Waals surface area contributed by atoms with Crippen molar-refractivity contribution in [1.82, 2.24) is 5.32 Å². The largest absolute Gasteiger partial charge is 0.509 e. The highest BCUT2D eigenvalue weighted by molar-refractivity contribution is 6.24. The number of aryl methyl sites for hydroxylation is 1. The van der Waals surface area contributed by atoms with E-state index in [9.17, 15) is 14.7 Å². The fourth-order valence-electron chi connectivity index (χ4n) is 3.33. The van der Waals surface area contributed by atoms with E-state index in [1.807, 2.05) is 42.5 Å². The zero-order chi connectivity index (χ0) is 20.3. The first kappa shape index (κ1) is 19.7. The summed E-state index contributed by atoms with van der Waals surface area (Å²) in [5.74, 6) is -0.965. The molecule has 146 valence electrons. The molecule has 3 rings (SSSR count). The minimum Gasteiger partial charge on any atom is -0.509 e. The molecule has 0 aliphatic carbocycles. The van der Waals surface area contributed by atoms with Crippen LogP contribution in [0.2, 0.25) is 0 Å². The van der Waals surface area contributed by atoms with Gasteiger partial charge in [-0.1, -0.05) is 56.3 Å². The van der Waals surface area contributed by atoms with Crippen LogP contribution in [0.4, 0.5) is 5.69 Å². The van der Waals surface area contributed by atoms with Crippen LogP contribution in [0.5, 0.6) is 0 Å². The normalized spacial score (nSPS) is 19.1. The first-order valence-corrected chi connectivity index (χ1v) is 9.51. The summed E-state index contributed by atoms with van der Waals surface area (Å²) in [4.78, 5) is 25.0. The van der Waals surface area contributed by atoms with Gasteiger partial charge < -0.3 is 15.7 Å². The molecule has 0 aromatic heterocycles. The van der Waals surface area contributed by atoms with Crippen molar-refractivity contribution < 1.29 is 14.7 Å². The number of hydrogen-bond acceptors (Lipinski definition) is 3. The second-order valence-corrected chi connectivity index (χ2v) is 7.73. The molecular formula is C23H26N2O3. The summed E-state index contributed by atoms with van der Waals surface area (Å²) in [6.07, 6.45) is 1.17. The van der Waals surface area contributed by atoms with Gasteiger partial charge in [-0.3, -0.25) is 9.59 Å². The summed E-state index contributed by atoms with van der Waals surface area (Å²) in [6, 6.07) is 17.3. The average molecular weight is 378 g/mol. The molecule has 1 atom stereocenters. The second-order valence-electron chi connectivity index (χ2n) is 7.73. The molecule has 2 aromatic rings. The molecule has 2 aromatic carbocycles. The van der Waals surface area contributed by atoms with Gasteiger partial charge in [0.1, 0.15) is 11.3 Å². The highest BCUT2D eigenvalue weighted by atomic mass is 16.3. The van der Waals surface area contributed by atoms with E-state index in [2.05, 4.69) is 24.5 Å². The fourth-order valence-corrected chi connectivity index (χ4v) is 3.33. The lowest BCUT2D eigenvalue weighted by Crippen LogP contribution is -2.42. The lowest BCUT2D eigenvalue weighted by atomic mass is 9.92. The lowest BCUT2D eigenvalue weighted by Gasteiger charge is -2.24. The zero-order valence-corrected chi connectivity index (χ0v) is 16.5. The SMILES string of the molecule is CC(C)c1ccc(NC(=O)C2=C(O)C(C)(CCc3ccccc3)NC2=O)cc1. The smallest absolute Gasteiger partial charge is 0.264 e. The molecule has 1 aliphatic rings. The molecule has 1 heterocycles. The molecule has 0 radical (unpaired) electrons. The number of benzene rings is 2. The van der Waals surface area contributed by atoms with E-state index in [4.69, 9.17) is 0 Å². The van der Waals surface area contributed by atoms with Gasteiger partial charge in [0, 0.05) is 5.69 Å². The van der Waals surface area contributed by atoms with Crippen molar-refractivity contribution >= 4 is 17.5 Å². The van der Waals surface area contributed by atoms with E-state index in [1.54, 1.807) is 19.1 Å². The van der Waals surface area contributed by atoms with Crippen LogP contribution in [0.15, 0.2) is 65.9 Å². The summed E-state index contributed by atoms with van der Waals surface area (Å²) in [5, 5.41) is 16.1. The Morgan fingerprint density at radius 1 is 1.11 bits per heavy atom. The minimum atomic E-state index is -0.957. The van der Waals surface area contributed by atoms with Crippen molar-refractivity contribution in [3.8, 4) is 0 Å². The molecule has 0 saturated carbocycles. The highest BCUT2D eigenvalue weighted by Crippen LogP contribution is 2.30. The van der Waals surface area contributed by atoms with E-state index in [0.29, 0.717) is 24.4 Å². The van der Waals surface area contributed by atoms with E-state index in [-0.39, 0.29) is 11.3 Å². The van der Waals surface area contributed by atoms with Crippen molar-refractivity contribution in [2.75, 3.05) is 5.32 Å². The van der Waals surface area contributed by atoms with E-state index in [0.717, 1.165) is 11.1 Å². The van der Waals surface area contributed by atoms with Crippen LogP contribution >= 0.6 is 0 Å². The monoisotopic (exact) mass is 378 g/mol. The number of amides is 2. The van der Waals surface area contributed by atoms with E-state index < -0.39 is 17.4 Å². The maximum Gasteiger partial charge on any atom is 0.264 e. The standard InChI is InChI=1S/C23H26N2O3/c1-15(2)17-9-11-18(12-10-17)24-21(27)19-20(26)23(3,25-22(19)28)14-13-16-7-5-4-6-8-16/h4-12,15,26H,13-14H2,1-3H3,(H,24,27)(H,25,28). The van der Waals surface area contributed by atoms with Crippen LogP contribution in [-0.4, -0.2) is 22.5 Å². The molecule has 0 fully saturated rings. The van der Waals surface area contributed by atoms with Gasteiger partial charge in [0.05, 0.1) is 5.54 Å². The van der Waals surface area contributed by atoms with Crippen LogP contribution in [-0.2, 0) is 16.0 Å². The Balaban J connectivity index is 1.74. The van der Waals surface area contributed by atoms with Crippen LogP contribution in [0.1, 0.15) is 44.2 Å². The van der Waals surface area contributed by atoms with Crippen molar-refractivity contribution in [2.45, 2.75) is 45.1 Å². The molecule has 2 amide bonds. The van der Waals surface area contributed by atoms with Gasteiger partial charge in [-0.15, -0.1) is 0 Å². The maximum atomic E-state index is 12.6. The van der Waals surface area contributed by atoms with Gasteiger partial charge in [-0.05, 0) is 48.9 Å². The molecule has 1 unspecified atom stereocenters. The Morgan fingerprint density at radius 3 is 2.36 bits per heavy atom. The number of aliphatic hydroxyl groups is 1. The molecule has 3 N–H and O–H groups in total. The summed E-state index contributed by atoms with van der Waals surface area (Å²) < 4.78 is 0. The molecule has 28 heavy (non-hydrogen) atoms. The van der Waals surface area contributed by atoms with E-state index >= 15 is 0 Å². The Morgan fingerprint density at radius 2 is 1.75 bits per heavy atom. The Hall–Kier alpha value is -3.08. The zero-order valence-electron chi connectivity index (χ0n) is 16.5. The van der Waals surface area contributed by atoms with Gasteiger partial charge in [0.15, 0.2) is 0 Å².